The lowest BCUT2D eigenvalue weighted by molar-refractivity contribution is -0.155. The second kappa shape index (κ2) is 5.61. The Morgan fingerprint density at radius 2 is 2.05 bits per heavy atom. The molecule has 0 aromatic heterocycles. The van der Waals surface area contributed by atoms with E-state index < -0.39 is 27.7 Å². The van der Waals surface area contributed by atoms with E-state index in [2.05, 4.69) is 9.46 Å². The maximum absolute atomic E-state index is 14.6. The van der Waals surface area contributed by atoms with Crippen LogP contribution in [0.2, 0.25) is 0 Å². The number of phenols is 1. The van der Waals surface area contributed by atoms with Gasteiger partial charge in [0.2, 0.25) is 15.7 Å². The molecule has 0 unspecified atom stereocenters. The van der Waals surface area contributed by atoms with Crippen molar-refractivity contribution in [3.05, 3.63) is 24.3 Å². The molecule has 0 radical (unpaired) electrons. The minimum atomic E-state index is -3.98. The molecule has 0 spiro atoms. The molecule has 0 amide bonds. The molecule has 0 saturated heterocycles. The van der Waals surface area contributed by atoms with Crippen molar-refractivity contribution in [3.8, 4) is 5.75 Å². The maximum Gasteiger partial charge on any atom is 0.345 e. The lowest BCUT2D eigenvalue weighted by Gasteiger charge is -2.25. The predicted octanol–water partition coefficient (Wildman–Crippen LogP) is 1.10. The Morgan fingerprint density at radius 3 is 2.62 bits per heavy atom. The summed E-state index contributed by atoms with van der Waals surface area (Å²) in [7, 11) is -2.92. The zero-order chi connectivity index (χ0) is 15.7. The molecule has 8 heteroatoms. The first-order valence-electron chi connectivity index (χ1n) is 6.38. The lowest BCUT2D eigenvalue weighted by Crippen LogP contribution is -2.51. The quantitative estimate of drug-likeness (QED) is 0.811. The van der Waals surface area contributed by atoms with E-state index in [0.29, 0.717) is 6.42 Å². The van der Waals surface area contributed by atoms with Crippen molar-refractivity contribution in [2.75, 3.05) is 7.11 Å². The molecule has 2 atom stereocenters. The highest BCUT2D eigenvalue weighted by Gasteiger charge is 2.52. The van der Waals surface area contributed by atoms with Crippen molar-refractivity contribution in [3.63, 3.8) is 0 Å². The number of ether oxygens (including phenoxy) is 1. The zero-order valence-electron chi connectivity index (χ0n) is 11.4. The number of nitrogens with one attached hydrogen (secondary N) is 1. The van der Waals surface area contributed by atoms with Crippen LogP contribution in [0.3, 0.4) is 0 Å². The Hall–Kier alpha value is -1.67. The van der Waals surface area contributed by atoms with E-state index in [-0.39, 0.29) is 23.5 Å². The summed E-state index contributed by atoms with van der Waals surface area (Å²) in [6.07, 6.45) is 0.514. The number of aromatic hydroxyl groups is 1. The van der Waals surface area contributed by atoms with E-state index >= 15 is 0 Å². The van der Waals surface area contributed by atoms with Gasteiger partial charge in [-0.3, -0.25) is 0 Å². The van der Waals surface area contributed by atoms with E-state index in [1.54, 1.807) is 0 Å². The average Bonchev–Trinajstić information content (AvgIpc) is 2.80. The number of rotatable bonds is 4. The Labute approximate surface area is 122 Å². The predicted molar refractivity (Wildman–Crippen MR) is 71.9 cm³/mol. The summed E-state index contributed by atoms with van der Waals surface area (Å²) >= 11 is 0. The number of phenolic OH excluding ortho intramolecular Hbond substituents is 1. The summed E-state index contributed by atoms with van der Waals surface area (Å²) in [4.78, 5) is 11.4. The normalized spacial score (nSPS) is 25.7. The summed E-state index contributed by atoms with van der Waals surface area (Å²) in [5.41, 5.74) is -2.35. The standard InChI is InChI=1S/C13H16FNO5S/c1-20-12(17)13(14)8-2-3-11(13)15-21(18,19)10-6-4-9(16)5-7-10/h4-7,11,15-16H,2-3,8H2,1H3/t11-,13-/m1/s1. The summed E-state index contributed by atoms with van der Waals surface area (Å²) in [5.74, 6) is -1.15. The highest BCUT2D eigenvalue weighted by molar-refractivity contribution is 7.89. The number of sulfonamides is 1. The molecule has 1 fully saturated rings. The van der Waals surface area contributed by atoms with Gasteiger partial charge in [0.15, 0.2) is 0 Å². The lowest BCUT2D eigenvalue weighted by atomic mass is 10.0. The van der Waals surface area contributed by atoms with E-state index in [1.165, 1.54) is 24.3 Å². The van der Waals surface area contributed by atoms with Crippen molar-refractivity contribution >= 4 is 16.0 Å². The molecule has 21 heavy (non-hydrogen) atoms. The van der Waals surface area contributed by atoms with Crippen LogP contribution in [-0.2, 0) is 19.6 Å². The van der Waals surface area contributed by atoms with Gasteiger partial charge in [0, 0.05) is 0 Å². The molecule has 1 saturated carbocycles. The first kappa shape index (κ1) is 15.7. The number of esters is 1. The molecule has 6 nitrogen and oxygen atoms in total. The van der Waals surface area contributed by atoms with Crippen molar-refractivity contribution in [1.82, 2.24) is 4.72 Å². The topological polar surface area (TPSA) is 92.7 Å². The van der Waals surface area contributed by atoms with Gasteiger partial charge in [-0.05, 0) is 43.5 Å². The van der Waals surface area contributed by atoms with Crippen molar-refractivity contribution in [2.24, 2.45) is 0 Å². The van der Waals surface area contributed by atoms with Crippen molar-refractivity contribution < 1.29 is 27.4 Å². The zero-order valence-corrected chi connectivity index (χ0v) is 12.2. The highest BCUT2D eigenvalue weighted by atomic mass is 32.2. The van der Waals surface area contributed by atoms with E-state index in [0.717, 1.165) is 7.11 Å². The van der Waals surface area contributed by atoms with Gasteiger partial charge in [-0.15, -0.1) is 0 Å². The van der Waals surface area contributed by atoms with Crippen LogP contribution >= 0.6 is 0 Å². The van der Waals surface area contributed by atoms with Crippen LogP contribution in [0.15, 0.2) is 29.2 Å². The molecule has 1 aliphatic carbocycles. The molecule has 0 bridgehead atoms. The fourth-order valence-electron chi connectivity index (χ4n) is 2.41. The smallest absolute Gasteiger partial charge is 0.345 e. The molecule has 0 heterocycles. The van der Waals surface area contributed by atoms with Crippen molar-refractivity contribution in [1.29, 1.82) is 0 Å². The second-order valence-corrected chi connectivity index (χ2v) is 6.63. The summed E-state index contributed by atoms with van der Waals surface area (Å²) in [6, 6.07) is 3.66. The minimum Gasteiger partial charge on any atom is -0.508 e. The van der Waals surface area contributed by atoms with Gasteiger partial charge in [0.05, 0.1) is 18.0 Å². The summed E-state index contributed by atoms with van der Waals surface area (Å²) in [5, 5.41) is 9.16. The van der Waals surface area contributed by atoms with Gasteiger partial charge in [0.25, 0.3) is 0 Å². The van der Waals surface area contributed by atoms with Crippen LogP contribution in [-0.4, -0.2) is 38.3 Å². The Balaban J connectivity index is 2.24. The van der Waals surface area contributed by atoms with Crippen molar-refractivity contribution in [2.45, 2.75) is 35.9 Å². The second-order valence-electron chi connectivity index (χ2n) is 4.91. The van der Waals surface area contributed by atoms with Crippen LogP contribution in [0, 0.1) is 0 Å². The number of alkyl halides is 1. The molecular formula is C13H16FNO5S. The van der Waals surface area contributed by atoms with Crippen LogP contribution < -0.4 is 4.72 Å². The number of halogens is 1. The van der Waals surface area contributed by atoms with Crippen LogP contribution in [0.1, 0.15) is 19.3 Å². The highest BCUT2D eigenvalue weighted by Crippen LogP contribution is 2.35. The molecule has 0 aliphatic heterocycles. The van der Waals surface area contributed by atoms with Gasteiger partial charge < -0.3 is 9.84 Å². The van der Waals surface area contributed by atoms with Gasteiger partial charge in [-0.25, -0.2) is 22.3 Å². The van der Waals surface area contributed by atoms with E-state index in [4.69, 9.17) is 5.11 Å². The molecule has 1 aromatic rings. The number of carbonyl (C=O) groups excluding carboxylic acids is 1. The Morgan fingerprint density at radius 1 is 1.43 bits per heavy atom. The van der Waals surface area contributed by atoms with E-state index in [9.17, 15) is 17.6 Å². The first-order valence-corrected chi connectivity index (χ1v) is 7.86. The van der Waals surface area contributed by atoms with Crippen LogP contribution in [0.25, 0.3) is 0 Å². The van der Waals surface area contributed by atoms with Crippen LogP contribution in [0.4, 0.5) is 4.39 Å². The number of benzene rings is 1. The van der Waals surface area contributed by atoms with E-state index in [1.807, 2.05) is 0 Å². The Kier molecular flexibility index (Phi) is 4.20. The first-order chi connectivity index (χ1) is 9.79. The molecular weight excluding hydrogens is 301 g/mol. The fraction of sp³-hybridized carbons (Fsp3) is 0.462. The summed E-state index contributed by atoms with van der Waals surface area (Å²) in [6.45, 7) is 0. The van der Waals surface area contributed by atoms with Gasteiger partial charge in [0.1, 0.15) is 5.75 Å². The monoisotopic (exact) mass is 317 g/mol. The molecule has 1 aliphatic rings. The molecule has 1 aromatic carbocycles. The number of hydrogen-bond acceptors (Lipinski definition) is 5. The molecule has 2 N–H and O–H groups in total. The van der Waals surface area contributed by atoms with Crippen LogP contribution in [0.5, 0.6) is 5.75 Å². The Bertz CT molecular complexity index is 630. The number of hydrogen-bond donors (Lipinski definition) is 2. The van der Waals surface area contributed by atoms with Gasteiger partial charge >= 0.3 is 5.97 Å². The fourth-order valence-corrected chi connectivity index (χ4v) is 3.72. The third-order valence-electron chi connectivity index (χ3n) is 3.55. The number of methoxy groups -OCH3 is 1. The van der Waals surface area contributed by atoms with Gasteiger partial charge in [-0.1, -0.05) is 0 Å². The largest absolute Gasteiger partial charge is 0.508 e. The van der Waals surface area contributed by atoms with Gasteiger partial charge in [-0.2, -0.15) is 0 Å². The third-order valence-corrected chi connectivity index (χ3v) is 5.04. The maximum atomic E-state index is 14.6. The summed E-state index contributed by atoms with van der Waals surface area (Å²) < 4.78 is 45.6. The molecule has 2 rings (SSSR count). The number of carbonyl (C=O) groups is 1. The minimum absolute atomic E-state index is 0.0794. The molecule has 116 valence electrons. The average molecular weight is 317 g/mol. The SMILES string of the molecule is COC(=O)[C@@]1(F)CCC[C@H]1NS(=O)(=O)c1ccc(O)cc1. The third kappa shape index (κ3) is 3.01.